The van der Waals surface area contributed by atoms with E-state index in [0.29, 0.717) is 0 Å². The Hall–Kier alpha value is 2.02. The smallest absolute Gasteiger partial charge is 0.0717 e. The van der Waals surface area contributed by atoms with Gasteiger partial charge in [-0.3, -0.25) is 0 Å². The maximum absolute atomic E-state index is 2.09. The molecular weight excluding hydrogens is 425 g/mol. The molecule has 22 heavy (non-hydrogen) atoms. The molecule has 0 nitrogen and oxygen atoms in total. The van der Waals surface area contributed by atoms with Crippen LogP contribution in [0.25, 0.3) is 0 Å². The summed E-state index contributed by atoms with van der Waals surface area (Å²) in [5.41, 5.74) is 0. The van der Waals surface area contributed by atoms with Gasteiger partial charge >= 0.3 is 0 Å². The van der Waals surface area contributed by atoms with Crippen molar-refractivity contribution in [1.82, 2.24) is 0 Å². The fraction of sp³-hybridized carbons (Fsp3) is 0.571. The third-order valence-corrected chi connectivity index (χ3v) is 15.2. The first-order valence-corrected chi connectivity index (χ1v) is 14.6. The molecular formula is C14H16S8. The second kappa shape index (κ2) is 8.60. The molecule has 0 atom stereocenters. The van der Waals surface area contributed by atoms with E-state index in [1.807, 2.05) is 47.0 Å². The van der Waals surface area contributed by atoms with Crippen molar-refractivity contribution in [3.63, 3.8) is 0 Å². The molecule has 0 saturated heterocycles. The quantitative estimate of drug-likeness (QED) is 0.368. The molecule has 8 heteroatoms. The van der Waals surface area contributed by atoms with E-state index in [0.717, 1.165) is 0 Å². The summed E-state index contributed by atoms with van der Waals surface area (Å²) < 4.78 is 9.43. The molecule has 0 aliphatic carbocycles. The summed E-state index contributed by atoms with van der Waals surface area (Å²) >= 11 is 16.5. The summed E-state index contributed by atoms with van der Waals surface area (Å²) in [4.78, 5) is 0. The van der Waals surface area contributed by atoms with Gasteiger partial charge in [-0.15, -0.1) is 47.0 Å². The molecule has 120 valence electrons. The summed E-state index contributed by atoms with van der Waals surface area (Å²) in [5, 5.41) is 0. The third-order valence-electron chi connectivity index (χ3n) is 3.25. The van der Waals surface area contributed by atoms with Crippen molar-refractivity contribution in [3.8, 4) is 0 Å². The summed E-state index contributed by atoms with van der Waals surface area (Å²) in [6.45, 7) is 0. The van der Waals surface area contributed by atoms with Crippen LogP contribution in [0, 0.1) is 0 Å². The van der Waals surface area contributed by atoms with Crippen molar-refractivity contribution < 1.29 is 0 Å². The van der Waals surface area contributed by atoms with Crippen molar-refractivity contribution in [2.45, 2.75) is 25.7 Å². The molecule has 0 unspecified atom stereocenters. The Labute approximate surface area is 166 Å². The molecule has 4 aliphatic rings. The van der Waals surface area contributed by atoms with Crippen LogP contribution in [0.1, 0.15) is 25.7 Å². The third kappa shape index (κ3) is 4.22. The van der Waals surface area contributed by atoms with E-state index in [1.165, 1.54) is 48.7 Å². The van der Waals surface area contributed by atoms with E-state index < -0.39 is 0 Å². The maximum Gasteiger partial charge on any atom is 0.0717 e. The van der Waals surface area contributed by atoms with Gasteiger partial charge in [-0.25, -0.2) is 0 Å². The molecule has 0 saturated carbocycles. The Morgan fingerprint density at radius 3 is 0.909 bits per heavy atom. The topological polar surface area (TPSA) is 0 Å². The zero-order valence-corrected chi connectivity index (χ0v) is 18.5. The molecule has 0 spiro atoms. The van der Waals surface area contributed by atoms with E-state index in [4.69, 9.17) is 0 Å². The lowest BCUT2D eigenvalue weighted by molar-refractivity contribution is 0.909. The number of hydrogen-bond acceptors (Lipinski definition) is 8. The van der Waals surface area contributed by atoms with Crippen molar-refractivity contribution in [2.75, 3.05) is 23.0 Å². The van der Waals surface area contributed by atoms with Gasteiger partial charge in [0, 0.05) is 0 Å². The first kappa shape index (κ1) is 17.4. The van der Waals surface area contributed by atoms with Gasteiger partial charge in [-0.05, 0) is 48.7 Å². The first-order chi connectivity index (χ1) is 10.9. The minimum absolute atomic E-state index is 1.30. The predicted molar refractivity (Wildman–Crippen MR) is 120 cm³/mol. The highest BCUT2D eigenvalue weighted by molar-refractivity contribution is 8.45. The summed E-state index contributed by atoms with van der Waals surface area (Å²) in [7, 11) is 0. The lowest BCUT2D eigenvalue weighted by Crippen LogP contribution is -1.87. The van der Waals surface area contributed by atoms with E-state index >= 15 is 0 Å². The molecule has 0 aromatic heterocycles. The molecule has 0 aromatic carbocycles. The highest BCUT2D eigenvalue weighted by Crippen LogP contribution is 2.66. The van der Waals surface area contributed by atoms with Gasteiger partial charge in [-0.2, -0.15) is 0 Å². The van der Waals surface area contributed by atoms with Crippen molar-refractivity contribution in [3.05, 3.63) is 25.4 Å². The predicted octanol–water partition coefficient (Wildman–Crippen LogP) is 7.85. The molecule has 0 amide bonds. The minimum atomic E-state index is 1.30. The molecule has 0 N–H and O–H groups in total. The van der Waals surface area contributed by atoms with Crippen LogP contribution in [0.5, 0.6) is 0 Å². The molecule has 4 aliphatic heterocycles. The maximum atomic E-state index is 2.09. The second-order valence-electron chi connectivity index (χ2n) is 4.94. The van der Waals surface area contributed by atoms with Crippen molar-refractivity contribution in [1.29, 1.82) is 0 Å². The largest absolute Gasteiger partial charge is 0.117 e. The monoisotopic (exact) mass is 440 g/mol. The normalized spacial score (nSPS) is 27.3. The van der Waals surface area contributed by atoms with Crippen LogP contribution in [-0.4, -0.2) is 23.0 Å². The van der Waals surface area contributed by atoms with E-state index in [9.17, 15) is 0 Å². The lowest BCUT2D eigenvalue weighted by Gasteiger charge is -2.08. The van der Waals surface area contributed by atoms with Gasteiger partial charge < -0.3 is 0 Å². The lowest BCUT2D eigenvalue weighted by atomic mass is 10.4. The van der Waals surface area contributed by atoms with Gasteiger partial charge in [0.05, 0.1) is 25.4 Å². The van der Waals surface area contributed by atoms with Gasteiger partial charge in [0.15, 0.2) is 0 Å². The zero-order valence-electron chi connectivity index (χ0n) is 11.9. The molecule has 0 radical (unpaired) electrons. The van der Waals surface area contributed by atoms with E-state index in [2.05, 4.69) is 47.0 Å². The van der Waals surface area contributed by atoms with Crippen LogP contribution in [0.15, 0.2) is 25.4 Å². The van der Waals surface area contributed by atoms with Crippen LogP contribution in [-0.2, 0) is 0 Å². The highest BCUT2D eigenvalue weighted by Gasteiger charge is 2.31. The standard InChI is InChI=1S/C14H16S8/c1-2-6-16-10-9(15-5-1)19-13(20-10)14-21-11-12(22-14)18-8-4-3-7-17-11/h1-8H2. The summed E-state index contributed by atoms with van der Waals surface area (Å²) in [5.74, 6) is 5.21. The first-order valence-electron chi connectivity index (χ1n) is 7.35. The van der Waals surface area contributed by atoms with E-state index in [-0.39, 0.29) is 0 Å². The van der Waals surface area contributed by atoms with Crippen molar-refractivity contribution in [2.24, 2.45) is 0 Å². The summed E-state index contributed by atoms with van der Waals surface area (Å²) in [6, 6.07) is 0. The SMILES string of the molecule is C1CCSC2=C(SC1)SC(=C1SC3=C(SCCCCS3)S1)S2. The zero-order chi connectivity index (χ0) is 14.8. The van der Waals surface area contributed by atoms with Crippen LogP contribution in [0.2, 0.25) is 0 Å². The number of rotatable bonds is 0. The van der Waals surface area contributed by atoms with Crippen LogP contribution < -0.4 is 0 Å². The molecule has 0 fully saturated rings. The highest BCUT2D eigenvalue weighted by atomic mass is 32.3. The summed E-state index contributed by atoms with van der Waals surface area (Å²) in [6.07, 6.45) is 5.49. The van der Waals surface area contributed by atoms with Gasteiger partial charge in [0.25, 0.3) is 0 Å². The molecule has 0 bridgehead atoms. The van der Waals surface area contributed by atoms with Crippen LogP contribution in [0.4, 0.5) is 0 Å². The fourth-order valence-electron chi connectivity index (χ4n) is 2.13. The van der Waals surface area contributed by atoms with Gasteiger partial charge in [0.1, 0.15) is 0 Å². The Bertz CT molecular complexity index is 455. The average molecular weight is 441 g/mol. The second-order valence-corrected chi connectivity index (χ2v) is 15.0. The van der Waals surface area contributed by atoms with Crippen LogP contribution >= 0.6 is 94.1 Å². The average Bonchev–Trinajstić information content (AvgIpc) is 3.03. The fourth-order valence-corrected chi connectivity index (χ4v) is 14.4. The molecule has 4 heterocycles. The van der Waals surface area contributed by atoms with E-state index in [1.54, 1.807) is 25.4 Å². The Morgan fingerprint density at radius 1 is 0.364 bits per heavy atom. The molecule has 0 aromatic rings. The minimum Gasteiger partial charge on any atom is -0.117 e. The Morgan fingerprint density at radius 2 is 0.636 bits per heavy atom. The van der Waals surface area contributed by atoms with Crippen molar-refractivity contribution >= 4 is 94.1 Å². The van der Waals surface area contributed by atoms with Gasteiger partial charge in [0.2, 0.25) is 0 Å². The van der Waals surface area contributed by atoms with Gasteiger partial charge in [-0.1, -0.05) is 47.0 Å². The Kier molecular flexibility index (Phi) is 6.82. The number of hydrogen-bond donors (Lipinski definition) is 0. The molecule has 4 rings (SSSR count). The van der Waals surface area contributed by atoms with Crippen LogP contribution in [0.3, 0.4) is 0 Å². The number of thioether (sulfide) groups is 8. The Balaban J connectivity index is 1.48.